The predicted molar refractivity (Wildman–Crippen MR) is 49.2 cm³/mol. The van der Waals surface area contributed by atoms with Gasteiger partial charge in [-0.3, -0.25) is 0 Å². The lowest BCUT2D eigenvalue weighted by Gasteiger charge is -2.09. The maximum atomic E-state index is 10.1. The minimum Gasteiger partial charge on any atom is -0.450 e. The topological polar surface area (TPSA) is 46.5 Å². The van der Waals surface area contributed by atoms with Crippen molar-refractivity contribution in [3.63, 3.8) is 0 Å². The van der Waals surface area contributed by atoms with Gasteiger partial charge in [-0.15, -0.1) is 0 Å². The quantitative estimate of drug-likeness (QED) is 0.615. The van der Waals surface area contributed by atoms with Gasteiger partial charge in [0.1, 0.15) is 0 Å². The summed E-state index contributed by atoms with van der Waals surface area (Å²) in [5.41, 5.74) is -0.626. The van der Waals surface area contributed by atoms with Gasteiger partial charge in [0.2, 0.25) is 5.56 Å². The molecule has 0 heterocycles. The van der Waals surface area contributed by atoms with Crippen LogP contribution in [-0.4, -0.2) is 11.3 Å². The minimum absolute atomic E-state index is 0.378. The third-order valence-electron chi connectivity index (χ3n) is 1.35. The summed E-state index contributed by atoms with van der Waals surface area (Å²) in [6.07, 6.45) is -1.43. The number of hydrogen-bond donors (Lipinski definition) is 1. The smallest absolute Gasteiger partial charge is 0.450 e. The van der Waals surface area contributed by atoms with E-state index in [0.717, 1.165) is 0 Å². The van der Waals surface area contributed by atoms with Gasteiger partial charge in [0.05, 0.1) is 0 Å². The van der Waals surface area contributed by atoms with Crippen LogP contribution in [0, 0.1) is 0 Å². The average molecular weight is 221 g/mol. The molecule has 0 saturated heterocycles. The Morgan fingerprint density at radius 1 is 1.46 bits per heavy atom. The number of rotatable bonds is 2. The molecule has 0 saturated carbocycles. The van der Waals surface area contributed by atoms with Crippen molar-refractivity contribution in [2.75, 3.05) is 0 Å². The molecule has 70 valence electrons. The number of hydrogen-bond acceptors (Lipinski definition) is 2. The van der Waals surface area contributed by atoms with Crippen molar-refractivity contribution in [2.45, 2.75) is 5.56 Å². The van der Waals surface area contributed by atoms with Gasteiger partial charge in [-0.2, -0.15) is 0 Å². The van der Waals surface area contributed by atoms with Crippen molar-refractivity contribution in [1.82, 2.24) is 0 Å². The van der Waals surface area contributed by atoms with Crippen LogP contribution in [0.25, 0.3) is 0 Å². The van der Waals surface area contributed by atoms with E-state index >= 15 is 0 Å². The molecule has 0 aromatic heterocycles. The molecule has 5 heteroatoms. The highest BCUT2D eigenvalue weighted by Gasteiger charge is 2.14. The van der Waals surface area contributed by atoms with Crippen LogP contribution in [-0.2, 0) is 4.74 Å². The molecule has 0 aliphatic heterocycles. The van der Waals surface area contributed by atoms with Crippen LogP contribution in [0.1, 0.15) is 11.1 Å². The van der Waals surface area contributed by atoms with Gasteiger partial charge >= 0.3 is 6.16 Å². The zero-order valence-corrected chi connectivity index (χ0v) is 7.92. The first-order chi connectivity index (χ1) is 6.11. The second-order valence-corrected chi connectivity index (χ2v) is 3.02. The molecule has 0 aliphatic rings. The fourth-order valence-corrected chi connectivity index (χ4v) is 1.37. The fraction of sp³-hybridized carbons (Fsp3) is 0.125. The summed E-state index contributed by atoms with van der Waals surface area (Å²) in [6, 6.07) is 6.62. The van der Waals surface area contributed by atoms with E-state index in [9.17, 15) is 4.79 Å². The Morgan fingerprint density at radius 3 is 2.62 bits per heavy atom. The van der Waals surface area contributed by atoms with Crippen molar-refractivity contribution < 1.29 is 14.6 Å². The van der Waals surface area contributed by atoms with E-state index in [1.807, 2.05) is 0 Å². The van der Waals surface area contributed by atoms with E-state index in [1.165, 1.54) is 0 Å². The largest absolute Gasteiger partial charge is 0.507 e. The number of halogens is 2. The van der Waals surface area contributed by atoms with E-state index in [4.69, 9.17) is 28.3 Å². The Bertz CT molecular complexity index is 314. The van der Waals surface area contributed by atoms with Gasteiger partial charge in [-0.1, -0.05) is 41.4 Å². The molecule has 1 N–H and O–H groups in total. The maximum Gasteiger partial charge on any atom is 0.507 e. The number of carboxylic acid groups (broad SMARTS) is 1. The monoisotopic (exact) mass is 220 g/mol. The maximum absolute atomic E-state index is 10.1. The number of carbonyl (C=O) groups is 1. The molecule has 0 spiro atoms. The first kappa shape index (κ1) is 10.2. The van der Waals surface area contributed by atoms with Crippen molar-refractivity contribution in [3.05, 3.63) is 34.9 Å². The molecule has 1 aromatic rings. The zero-order chi connectivity index (χ0) is 9.84. The third kappa shape index (κ3) is 2.79. The van der Waals surface area contributed by atoms with Gasteiger partial charge in [0.15, 0.2) is 0 Å². The Morgan fingerprint density at radius 2 is 2.08 bits per heavy atom. The average Bonchev–Trinajstić information content (AvgIpc) is 2.03. The van der Waals surface area contributed by atoms with Gasteiger partial charge in [-0.05, 0) is 6.07 Å². The fourth-order valence-electron chi connectivity index (χ4n) is 0.811. The first-order valence-corrected chi connectivity index (χ1v) is 4.21. The van der Waals surface area contributed by atoms with E-state index in [2.05, 4.69) is 4.74 Å². The second kappa shape index (κ2) is 4.35. The van der Waals surface area contributed by atoms with Gasteiger partial charge < -0.3 is 9.84 Å². The molecule has 0 amide bonds. The minimum atomic E-state index is -1.43. The molecule has 13 heavy (non-hydrogen) atoms. The molecule has 3 nitrogen and oxygen atoms in total. The van der Waals surface area contributed by atoms with Crippen LogP contribution in [0.5, 0.6) is 0 Å². The normalized spacial score (nSPS) is 12.2. The molecular weight excluding hydrogens is 215 g/mol. The van der Waals surface area contributed by atoms with Crippen LogP contribution < -0.4 is 0 Å². The number of alkyl halides is 1. The third-order valence-corrected chi connectivity index (χ3v) is 2.02. The van der Waals surface area contributed by atoms with Crippen LogP contribution in [0.2, 0.25) is 5.02 Å². The highest BCUT2D eigenvalue weighted by Crippen LogP contribution is 2.28. The molecule has 1 unspecified atom stereocenters. The van der Waals surface area contributed by atoms with Gasteiger partial charge in [-0.25, -0.2) is 4.79 Å². The first-order valence-electron chi connectivity index (χ1n) is 3.39. The number of benzene rings is 1. The van der Waals surface area contributed by atoms with E-state index in [-0.39, 0.29) is 0 Å². The van der Waals surface area contributed by atoms with E-state index in [1.54, 1.807) is 24.3 Å². The van der Waals surface area contributed by atoms with Gasteiger partial charge in [0, 0.05) is 10.6 Å². The summed E-state index contributed by atoms with van der Waals surface area (Å²) >= 11 is 11.4. The van der Waals surface area contributed by atoms with Crippen molar-refractivity contribution >= 4 is 29.4 Å². The summed E-state index contributed by atoms with van der Waals surface area (Å²) in [5.74, 6) is 0. The molecule has 0 aliphatic carbocycles. The molecule has 1 aromatic carbocycles. The summed E-state index contributed by atoms with van der Waals surface area (Å²) in [6.45, 7) is 0. The molecular formula is C8H6Cl2O3. The summed E-state index contributed by atoms with van der Waals surface area (Å²) in [7, 11) is 0. The molecule has 0 radical (unpaired) electrons. The van der Waals surface area contributed by atoms with Crippen LogP contribution in [0.3, 0.4) is 0 Å². The van der Waals surface area contributed by atoms with Gasteiger partial charge in [0.25, 0.3) is 0 Å². The molecule has 0 fully saturated rings. The Kier molecular flexibility index (Phi) is 3.39. The summed E-state index contributed by atoms with van der Waals surface area (Å²) in [4.78, 5) is 10.1. The number of ether oxygens (including phenoxy) is 1. The lowest BCUT2D eigenvalue weighted by molar-refractivity contribution is 0.0799. The lowest BCUT2D eigenvalue weighted by atomic mass is 10.2. The lowest BCUT2D eigenvalue weighted by Crippen LogP contribution is -2.03. The molecule has 1 atom stereocenters. The van der Waals surface area contributed by atoms with Crippen LogP contribution in [0.4, 0.5) is 4.79 Å². The molecule has 0 bridgehead atoms. The standard InChI is InChI=1S/C8H6Cl2O3/c9-6-4-2-1-3-5(6)7(10)13-8(11)12/h1-4,7H,(H,11,12). The van der Waals surface area contributed by atoms with E-state index in [0.29, 0.717) is 10.6 Å². The summed E-state index contributed by atoms with van der Waals surface area (Å²) in [5, 5.41) is 8.66. The predicted octanol–water partition coefficient (Wildman–Crippen LogP) is 3.27. The molecule has 1 rings (SSSR count). The second-order valence-electron chi connectivity index (χ2n) is 2.22. The van der Waals surface area contributed by atoms with Crippen LogP contribution >= 0.6 is 23.2 Å². The Labute approximate surface area is 84.8 Å². The van der Waals surface area contributed by atoms with Crippen molar-refractivity contribution in [2.24, 2.45) is 0 Å². The highest BCUT2D eigenvalue weighted by atomic mass is 35.5. The Balaban J connectivity index is 2.82. The zero-order valence-electron chi connectivity index (χ0n) is 6.41. The van der Waals surface area contributed by atoms with Crippen molar-refractivity contribution in [3.8, 4) is 0 Å². The summed E-state index contributed by atoms with van der Waals surface area (Å²) < 4.78 is 4.31. The van der Waals surface area contributed by atoms with E-state index < -0.39 is 11.7 Å². The Hall–Kier alpha value is -0.930. The SMILES string of the molecule is O=C(O)OC(Cl)c1ccccc1Cl. The highest BCUT2D eigenvalue weighted by molar-refractivity contribution is 6.32. The van der Waals surface area contributed by atoms with Crippen molar-refractivity contribution in [1.29, 1.82) is 0 Å². The van der Waals surface area contributed by atoms with Crippen LogP contribution in [0.15, 0.2) is 24.3 Å².